The molecule has 2 aromatic rings. The summed E-state index contributed by atoms with van der Waals surface area (Å²) in [5.41, 5.74) is 7.03. The average molecular weight is 658 g/mol. The third-order valence-corrected chi connectivity index (χ3v) is 8.55. The molecule has 0 aliphatic heterocycles. The summed E-state index contributed by atoms with van der Waals surface area (Å²) in [6.45, 7) is 9.03. The zero-order chi connectivity index (χ0) is 31.5. The number of benzene rings is 2. The van der Waals surface area contributed by atoms with Crippen LogP contribution in [-0.4, -0.2) is 11.4 Å². The number of hydrogen-bond donors (Lipinski definition) is 0. The van der Waals surface area contributed by atoms with Crippen LogP contribution in [0.2, 0.25) is 0 Å². The molecule has 0 bridgehead atoms. The van der Waals surface area contributed by atoms with E-state index >= 15 is 0 Å². The van der Waals surface area contributed by atoms with E-state index in [4.69, 9.17) is 9.98 Å². The monoisotopic (exact) mass is 656 g/mol. The number of nitrogens with zero attached hydrogens (tertiary/aromatic N) is 2. The fourth-order valence-electron chi connectivity index (χ4n) is 5.80. The molecule has 2 aromatic carbocycles. The maximum atomic E-state index is 5.25. The van der Waals surface area contributed by atoms with Crippen LogP contribution in [0.5, 0.6) is 0 Å². The van der Waals surface area contributed by atoms with Crippen molar-refractivity contribution in [1.82, 2.24) is 0 Å². The van der Waals surface area contributed by atoms with Crippen LogP contribution in [-0.2, 0) is 29.3 Å². The summed E-state index contributed by atoms with van der Waals surface area (Å²) in [5, 5.41) is 0. The quantitative estimate of drug-likeness (QED) is 0.0546. The molecule has 45 heavy (non-hydrogen) atoms. The molecule has 0 atom stereocenters. The van der Waals surface area contributed by atoms with Crippen LogP contribution in [0.25, 0.3) is 0 Å². The molecule has 3 heteroatoms. The first-order valence-electron chi connectivity index (χ1n) is 18.7. The Morgan fingerprint density at radius 1 is 0.533 bits per heavy atom. The van der Waals surface area contributed by atoms with Gasteiger partial charge in [-0.2, -0.15) is 0 Å². The van der Waals surface area contributed by atoms with Gasteiger partial charge >= 0.3 is 0 Å². The van der Waals surface area contributed by atoms with Crippen molar-refractivity contribution in [2.75, 3.05) is 0 Å². The molecule has 0 radical (unpaired) electrons. The van der Waals surface area contributed by atoms with E-state index in [2.05, 4.69) is 88.4 Å². The van der Waals surface area contributed by atoms with Crippen molar-refractivity contribution in [2.24, 2.45) is 9.98 Å². The zero-order valence-corrected chi connectivity index (χ0v) is 30.5. The minimum absolute atomic E-state index is 0. The number of unbranched alkanes of at least 4 members (excludes halogenated alkanes) is 15. The van der Waals surface area contributed by atoms with Crippen molar-refractivity contribution in [3.8, 4) is 0 Å². The predicted octanol–water partition coefficient (Wildman–Crippen LogP) is 14.1. The van der Waals surface area contributed by atoms with Gasteiger partial charge in [-0.1, -0.05) is 154 Å². The van der Waals surface area contributed by atoms with Crippen molar-refractivity contribution in [1.29, 1.82) is 0 Å². The second-order valence-electron chi connectivity index (χ2n) is 12.8. The van der Waals surface area contributed by atoms with E-state index in [1.54, 1.807) is 0 Å². The molecule has 0 spiro atoms. The fourth-order valence-corrected chi connectivity index (χ4v) is 5.80. The van der Waals surface area contributed by atoms with E-state index in [-0.39, 0.29) is 16.5 Å². The minimum Gasteiger partial charge on any atom is -0.251 e. The molecule has 0 saturated carbocycles. The zero-order valence-electron chi connectivity index (χ0n) is 29.5. The van der Waals surface area contributed by atoms with Gasteiger partial charge in [0.05, 0.1) is 22.8 Å². The molecular formula is C42H66N2Ni. The summed E-state index contributed by atoms with van der Waals surface area (Å²) in [5.74, 6) is 0. The van der Waals surface area contributed by atoms with Gasteiger partial charge in [-0.05, 0) is 86.4 Å². The molecule has 0 fully saturated rings. The normalized spacial score (nSPS) is 12.2. The van der Waals surface area contributed by atoms with Gasteiger partial charge in [-0.15, -0.1) is 0 Å². The van der Waals surface area contributed by atoms with Crippen molar-refractivity contribution in [2.45, 2.75) is 169 Å². The Hall–Kier alpha value is -1.99. The van der Waals surface area contributed by atoms with Gasteiger partial charge in [-0.3, -0.25) is 4.99 Å². The summed E-state index contributed by atoms with van der Waals surface area (Å²) in [6, 6.07) is 17.8. The van der Waals surface area contributed by atoms with Gasteiger partial charge in [0.15, 0.2) is 0 Å². The van der Waals surface area contributed by atoms with E-state index in [0.29, 0.717) is 0 Å². The first-order chi connectivity index (χ1) is 21.7. The van der Waals surface area contributed by atoms with Crippen molar-refractivity contribution in [3.05, 3.63) is 71.8 Å². The summed E-state index contributed by atoms with van der Waals surface area (Å²) in [7, 11) is 0. The Bertz CT molecular complexity index is 1080. The van der Waals surface area contributed by atoms with Gasteiger partial charge in [0.1, 0.15) is 0 Å². The van der Waals surface area contributed by atoms with Gasteiger partial charge in [0.25, 0.3) is 0 Å². The molecule has 0 heterocycles. The molecule has 0 amide bonds. The largest absolute Gasteiger partial charge is 0.251 e. The third kappa shape index (κ3) is 20.0. The molecule has 2 nitrogen and oxygen atoms in total. The summed E-state index contributed by atoms with van der Waals surface area (Å²) >= 11 is 0. The fraction of sp³-hybridized carbons (Fsp3) is 0.619. The topological polar surface area (TPSA) is 24.7 Å². The number of hydrogen-bond acceptors (Lipinski definition) is 2. The SMILES string of the molecule is CC/C=C/C(=Nc1cccc(CCCCCCCCCC)c1)C(CCCC)=Nc1cccc(CCCCCCCCCC)c1.[Ni]. The average Bonchev–Trinajstić information content (AvgIpc) is 3.04. The molecule has 254 valence electrons. The number of rotatable bonds is 26. The van der Waals surface area contributed by atoms with Crippen LogP contribution in [0.4, 0.5) is 11.4 Å². The second kappa shape index (κ2) is 28.3. The smallest absolute Gasteiger partial charge is 0.0848 e. The van der Waals surface area contributed by atoms with Gasteiger partial charge in [0.2, 0.25) is 0 Å². The van der Waals surface area contributed by atoms with Gasteiger partial charge < -0.3 is 0 Å². The summed E-state index contributed by atoms with van der Waals surface area (Å²) in [6.07, 6.45) is 32.7. The summed E-state index contributed by atoms with van der Waals surface area (Å²) < 4.78 is 0. The van der Waals surface area contributed by atoms with E-state index in [0.717, 1.165) is 61.3 Å². The van der Waals surface area contributed by atoms with E-state index in [1.807, 2.05) is 0 Å². The van der Waals surface area contributed by atoms with Crippen LogP contribution in [0, 0.1) is 0 Å². The molecule has 0 aliphatic carbocycles. The molecule has 0 saturated heterocycles. The van der Waals surface area contributed by atoms with Crippen LogP contribution >= 0.6 is 0 Å². The second-order valence-corrected chi connectivity index (χ2v) is 12.8. The molecule has 0 N–H and O–H groups in total. The Morgan fingerprint density at radius 3 is 1.44 bits per heavy atom. The number of aryl methyl sites for hydroxylation is 2. The maximum absolute atomic E-state index is 5.25. The summed E-state index contributed by atoms with van der Waals surface area (Å²) in [4.78, 5) is 10.5. The van der Waals surface area contributed by atoms with Crippen LogP contribution < -0.4 is 0 Å². The Kier molecular flexibility index (Phi) is 25.8. The maximum Gasteiger partial charge on any atom is 0.0848 e. The predicted molar refractivity (Wildman–Crippen MR) is 199 cm³/mol. The number of aliphatic imine (C=N–C) groups is 2. The van der Waals surface area contributed by atoms with Crippen molar-refractivity contribution in [3.63, 3.8) is 0 Å². The van der Waals surface area contributed by atoms with E-state index in [1.165, 1.54) is 114 Å². The third-order valence-electron chi connectivity index (χ3n) is 8.55. The molecule has 0 aromatic heterocycles. The van der Waals surface area contributed by atoms with Gasteiger partial charge in [-0.25, -0.2) is 4.99 Å². The Morgan fingerprint density at radius 2 is 0.978 bits per heavy atom. The minimum atomic E-state index is 0. The Labute approximate surface area is 289 Å². The van der Waals surface area contributed by atoms with E-state index in [9.17, 15) is 0 Å². The molecule has 2 rings (SSSR count). The first-order valence-corrected chi connectivity index (χ1v) is 18.7. The molecular weight excluding hydrogens is 591 g/mol. The Balaban J connectivity index is 0.0000101. The van der Waals surface area contributed by atoms with Gasteiger partial charge in [0, 0.05) is 16.5 Å². The van der Waals surface area contributed by atoms with E-state index < -0.39 is 0 Å². The van der Waals surface area contributed by atoms with Crippen LogP contribution in [0.1, 0.15) is 167 Å². The first kappa shape index (κ1) is 41.0. The van der Waals surface area contributed by atoms with Crippen LogP contribution in [0.15, 0.2) is 70.7 Å². The number of allylic oxidation sites excluding steroid dienone is 2. The van der Waals surface area contributed by atoms with Crippen molar-refractivity contribution >= 4 is 22.8 Å². The molecule has 0 unspecified atom stereocenters. The standard InChI is InChI=1S/C42H66N2.Ni/c1-5-9-13-15-17-19-21-23-27-37-29-25-31-39(35-37)43-41(33-11-7-3)42(34-12-8-4)44-40-32-26-30-38(36-40)28-24-22-20-18-16-14-10-6-2;/h11,25-26,29-33,35-36H,5-10,12-24,27-28,34H2,1-4H3;/b33-11+,43-41?,44-42?;. The van der Waals surface area contributed by atoms with Crippen LogP contribution in [0.3, 0.4) is 0 Å². The van der Waals surface area contributed by atoms with Crippen molar-refractivity contribution < 1.29 is 16.5 Å². The molecule has 0 aliphatic rings.